The number of hydrogen-bond donors (Lipinski definition) is 3. The molecule has 0 aromatic heterocycles. The van der Waals surface area contributed by atoms with E-state index in [1.54, 1.807) is 0 Å². The fourth-order valence-corrected chi connectivity index (χ4v) is 2.51. The minimum Gasteiger partial charge on any atom is -0.480 e. The molecule has 1 aromatic rings. The van der Waals surface area contributed by atoms with Gasteiger partial charge in [-0.05, 0) is 30.7 Å². The Morgan fingerprint density at radius 2 is 1.62 bits per heavy atom. The number of benzene rings is 1. The molecule has 2 atom stereocenters. The molecule has 3 N–H and O–H groups in total. The van der Waals surface area contributed by atoms with Gasteiger partial charge in [-0.25, -0.2) is 4.79 Å². The number of carboxylic acids is 1. The first-order valence-electron chi connectivity index (χ1n) is 8.79. The lowest BCUT2D eigenvalue weighted by Crippen LogP contribution is -2.58. The Hall–Kier alpha value is -2.37. The predicted molar refractivity (Wildman–Crippen MR) is 101 cm³/mol. The van der Waals surface area contributed by atoms with Crippen LogP contribution in [0.15, 0.2) is 30.3 Å². The second-order valence-electron chi connectivity index (χ2n) is 8.13. The SMILES string of the molecule is CC(=O)N[C@@H](Cc1ccccc1)C(=O)N[C@@](C)(CCC(C)(C)C)C(=O)O. The van der Waals surface area contributed by atoms with E-state index in [0.29, 0.717) is 19.3 Å². The molecule has 0 fully saturated rings. The highest BCUT2D eigenvalue weighted by atomic mass is 16.4. The molecule has 0 aliphatic rings. The summed E-state index contributed by atoms with van der Waals surface area (Å²) in [7, 11) is 0. The largest absolute Gasteiger partial charge is 0.480 e. The van der Waals surface area contributed by atoms with Crippen LogP contribution < -0.4 is 10.6 Å². The molecule has 0 saturated heterocycles. The van der Waals surface area contributed by atoms with Crippen LogP contribution in [0, 0.1) is 5.41 Å². The molecule has 144 valence electrons. The van der Waals surface area contributed by atoms with Gasteiger partial charge in [0.2, 0.25) is 11.8 Å². The van der Waals surface area contributed by atoms with E-state index in [1.165, 1.54) is 13.8 Å². The number of nitrogens with one attached hydrogen (secondary N) is 2. The maximum Gasteiger partial charge on any atom is 0.329 e. The molecule has 0 heterocycles. The molecule has 6 nitrogen and oxygen atoms in total. The van der Waals surface area contributed by atoms with Crippen molar-refractivity contribution in [2.45, 2.75) is 65.5 Å². The van der Waals surface area contributed by atoms with Crippen LogP contribution in [0.5, 0.6) is 0 Å². The van der Waals surface area contributed by atoms with Crippen LogP contribution >= 0.6 is 0 Å². The van der Waals surface area contributed by atoms with E-state index in [1.807, 2.05) is 51.1 Å². The second kappa shape index (κ2) is 8.83. The fraction of sp³-hybridized carbons (Fsp3) is 0.550. The van der Waals surface area contributed by atoms with Gasteiger partial charge in [-0.1, -0.05) is 51.1 Å². The van der Waals surface area contributed by atoms with Gasteiger partial charge in [0, 0.05) is 13.3 Å². The molecule has 2 amide bonds. The molecule has 0 bridgehead atoms. The Morgan fingerprint density at radius 1 is 1.04 bits per heavy atom. The Morgan fingerprint density at radius 3 is 2.08 bits per heavy atom. The van der Waals surface area contributed by atoms with Gasteiger partial charge in [0.1, 0.15) is 11.6 Å². The molecule has 0 saturated carbocycles. The Balaban J connectivity index is 2.93. The van der Waals surface area contributed by atoms with Crippen LogP contribution in [0.4, 0.5) is 0 Å². The zero-order chi connectivity index (χ0) is 20.0. The summed E-state index contributed by atoms with van der Waals surface area (Å²) in [5.74, 6) is -1.92. The Labute approximate surface area is 155 Å². The van der Waals surface area contributed by atoms with E-state index in [9.17, 15) is 19.5 Å². The van der Waals surface area contributed by atoms with Crippen molar-refractivity contribution in [3.63, 3.8) is 0 Å². The molecule has 6 heteroatoms. The first-order chi connectivity index (χ1) is 11.9. The van der Waals surface area contributed by atoms with Gasteiger partial charge in [0.15, 0.2) is 0 Å². The number of hydrogen-bond acceptors (Lipinski definition) is 3. The fourth-order valence-electron chi connectivity index (χ4n) is 2.51. The summed E-state index contributed by atoms with van der Waals surface area (Å²) >= 11 is 0. The van der Waals surface area contributed by atoms with Crippen molar-refractivity contribution < 1.29 is 19.5 Å². The van der Waals surface area contributed by atoms with Gasteiger partial charge in [-0.15, -0.1) is 0 Å². The number of carbonyl (C=O) groups excluding carboxylic acids is 2. The molecule has 1 aromatic carbocycles. The minimum absolute atomic E-state index is 0.0531. The summed E-state index contributed by atoms with van der Waals surface area (Å²) in [6.45, 7) is 8.90. The zero-order valence-electron chi connectivity index (χ0n) is 16.3. The van der Waals surface area contributed by atoms with Crippen LogP contribution in [-0.4, -0.2) is 34.5 Å². The molecule has 0 aliphatic heterocycles. The van der Waals surface area contributed by atoms with Crippen molar-refractivity contribution in [3.8, 4) is 0 Å². The van der Waals surface area contributed by atoms with Gasteiger partial charge in [-0.3, -0.25) is 9.59 Å². The van der Waals surface area contributed by atoms with Crippen LogP contribution in [0.25, 0.3) is 0 Å². The van der Waals surface area contributed by atoms with E-state index >= 15 is 0 Å². The van der Waals surface area contributed by atoms with E-state index in [4.69, 9.17) is 0 Å². The molecule has 0 unspecified atom stereocenters. The molecular weight excluding hydrogens is 332 g/mol. The van der Waals surface area contributed by atoms with Gasteiger partial charge >= 0.3 is 5.97 Å². The standard InChI is InChI=1S/C20H30N2O4/c1-14(23)21-16(13-15-9-7-6-8-10-15)17(24)22-20(5,18(25)26)12-11-19(2,3)4/h6-10,16H,11-13H2,1-5H3,(H,21,23)(H,22,24)(H,25,26)/t16-,20-/m0/s1. The summed E-state index contributed by atoms with van der Waals surface area (Å²) < 4.78 is 0. The van der Waals surface area contributed by atoms with Crippen molar-refractivity contribution in [1.29, 1.82) is 0 Å². The molecule has 26 heavy (non-hydrogen) atoms. The lowest BCUT2D eigenvalue weighted by atomic mass is 9.83. The highest BCUT2D eigenvalue weighted by Crippen LogP contribution is 2.26. The van der Waals surface area contributed by atoms with Gasteiger partial charge in [0.25, 0.3) is 0 Å². The summed E-state index contributed by atoms with van der Waals surface area (Å²) in [6.07, 6.45) is 1.23. The predicted octanol–water partition coefficient (Wildman–Crippen LogP) is 2.52. The minimum atomic E-state index is -1.39. The highest BCUT2D eigenvalue weighted by molar-refractivity contribution is 5.91. The Bertz CT molecular complexity index is 637. The van der Waals surface area contributed by atoms with Crippen LogP contribution in [0.2, 0.25) is 0 Å². The van der Waals surface area contributed by atoms with Gasteiger partial charge < -0.3 is 15.7 Å². The highest BCUT2D eigenvalue weighted by Gasteiger charge is 2.37. The first kappa shape index (κ1) is 21.7. The zero-order valence-corrected chi connectivity index (χ0v) is 16.3. The second-order valence-corrected chi connectivity index (χ2v) is 8.13. The maximum absolute atomic E-state index is 12.7. The number of aliphatic carboxylic acids is 1. The normalized spacial score (nSPS) is 14.8. The quantitative estimate of drug-likeness (QED) is 0.662. The van der Waals surface area contributed by atoms with E-state index in [2.05, 4.69) is 10.6 Å². The van der Waals surface area contributed by atoms with Crippen molar-refractivity contribution in [2.24, 2.45) is 5.41 Å². The number of carbonyl (C=O) groups is 3. The number of rotatable bonds is 8. The molecule has 0 radical (unpaired) electrons. The van der Waals surface area contributed by atoms with Crippen LogP contribution in [-0.2, 0) is 20.8 Å². The van der Waals surface area contributed by atoms with Crippen molar-refractivity contribution in [1.82, 2.24) is 10.6 Å². The van der Waals surface area contributed by atoms with Crippen molar-refractivity contribution in [3.05, 3.63) is 35.9 Å². The summed E-state index contributed by atoms with van der Waals surface area (Å²) in [6, 6.07) is 8.45. The Kier molecular flexibility index (Phi) is 7.36. The van der Waals surface area contributed by atoms with Gasteiger partial charge in [0.05, 0.1) is 0 Å². The van der Waals surface area contributed by atoms with Crippen LogP contribution in [0.3, 0.4) is 0 Å². The average Bonchev–Trinajstić information content (AvgIpc) is 2.52. The van der Waals surface area contributed by atoms with Crippen LogP contribution in [0.1, 0.15) is 53.0 Å². The van der Waals surface area contributed by atoms with Crippen molar-refractivity contribution >= 4 is 17.8 Å². The van der Waals surface area contributed by atoms with E-state index < -0.39 is 23.5 Å². The number of amides is 2. The third kappa shape index (κ3) is 7.25. The summed E-state index contributed by atoms with van der Waals surface area (Å²) in [5, 5.41) is 14.9. The first-order valence-corrected chi connectivity index (χ1v) is 8.79. The van der Waals surface area contributed by atoms with Gasteiger partial charge in [-0.2, -0.15) is 0 Å². The van der Waals surface area contributed by atoms with E-state index in [-0.39, 0.29) is 11.3 Å². The lowest BCUT2D eigenvalue weighted by Gasteiger charge is -2.31. The lowest BCUT2D eigenvalue weighted by molar-refractivity contribution is -0.147. The molecule has 0 aliphatic carbocycles. The molecular formula is C20H30N2O4. The molecule has 1 rings (SSSR count). The topological polar surface area (TPSA) is 95.5 Å². The maximum atomic E-state index is 12.7. The number of carboxylic acid groups (broad SMARTS) is 1. The molecule has 0 spiro atoms. The van der Waals surface area contributed by atoms with Crippen molar-refractivity contribution in [2.75, 3.05) is 0 Å². The van der Waals surface area contributed by atoms with E-state index in [0.717, 1.165) is 5.56 Å². The third-order valence-corrected chi connectivity index (χ3v) is 4.22. The summed E-state index contributed by atoms with van der Waals surface area (Å²) in [4.78, 5) is 36.0. The monoisotopic (exact) mass is 362 g/mol. The summed E-state index contributed by atoms with van der Waals surface area (Å²) in [5.41, 5.74) is -0.562. The smallest absolute Gasteiger partial charge is 0.329 e. The average molecular weight is 362 g/mol. The third-order valence-electron chi connectivity index (χ3n) is 4.22.